The molecule has 0 amide bonds. The Hall–Kier alpha value is -1.03. The highest BCUT2D eigenvalue weighted by atomic mass is 31.2. The van der Waals surface area contributed by atoms with Crippen molar-refractivity contribution in [2.24, 2.45) is 0 Å². The van der Waals surface area contributed by atoms with E-state index < -0.39 is 51.8 Å². The van der Waals surface area contributed by atoms with Gasteiger partial charge in [-0.1, -0.05) is 39.5 Å². The summed E-state index contributed by atoms with van der Waals surface area (Å²) >= 11 is 0. The van der Waals surface area contributed by atoms with E-state index in [0.717, 1.165) is 25.7 Å². The molecule has 29 heavy (non-hydrogen) atoms. The fourth-order valence-electron chi connectivity index (χ4n) is 2.08. The van der Waals surface area contributed by atoms with Crippen molar-refractivity contribution in [1.82, 2.24) is 0 Å². The van der Waals surface area contributed by atoms with Crippen LogP contribution in [0.2, 0.25) is 0 Å². The van der Waals surface area contributed by atoms with Crippen LogP contribution in [0.15, 0.2) is 0 Å². The molecule has 3 atom stereocenters. The van der Waals surface area contributed by atoms with E-state index in [-0.39, 0.29) is 19.4 Å². The molecule has 0 radical (unpaired) electrons. The Morgan fingerprint density at radius 2 is 1.52 bits per heavy atom. The number of hydrogen-bond donors (Lipinski definition) is 3. The number of phosphoric acid groups is 1. The monoisotopic (exact) mass is 442 g/mol. The van der Waals surface area contributed by atoms with Gasteiger partial charge in [0.2, 0.25) is 0 Å². The number of aliphatic hydroxyl groups excluding tert-OH is 2. The lowest BCUT2D eigenvalue weighted by molar-refractivity contribution is -0.161. The molecule has 0 fully saturated rings. The van der Waals surface area contributed by atoms with Gasteiger partial charge in [0, 0.05) is 12.8 Å². The fourth-order valence-corrected chi connectivity index (χ4v) is 2.87. The minimum atomic E-state index is -4.55. The molecule has 0 saturated carbocycles. The third-order valence-corrected chi connectivity index (χ3v) is 4.71. The normalized spacial score (nSPS) is 15.3. The van der Waals surface area contributed by atoms with Crippen molar-refractivity contribution in [2.45, 2.75) is 77.4 Å². The Bertz CT molecular complexity index is 499. The number of ether oxygens (including phenoxy) is 2. The predicted molar refractivity (Wildman–Crippen MR) is 104 cm³/mol. The molecule has 0 saturated heterocycles. The van der Waals surface area contributed by atoms with Crippen LogP contribution in [-0.4, -0.2) is 65.7 Å². The summed E-state index contributed by atoms with van der Waals surface area (Å²) in [6.07, 6.45) is 3.01. The summed E-state index contributed by atoms with van der Waals surface area (Å²) in [4.78, 5) is 33.2. The van der Waals surface area contributed by atoms with Crippen LogP contribution in [0.1, 0.15) is 65.2 Å². The predicted octanol–water partition coefficient (Wildman–Crippen LogP) is 2.09. The van der Waals surface area contributed by atoms with Gasteiger partial charge in [0.05, 0.1) is 19.8 Å². The lowest BCUT2D eigenvalue weighted by Crippen LogP contribution is -2.29. The van der Waals surface area contributed by atoms with Gasteiger partial charge in [-0.3, -0.25) is 18.6 Å². The fraction of sp³-hybridized carbons (Fsp3) is 0.889. The Balaban J connectivity index is 4.61. The Morgan fingerprint density at radius 1 is 0.897 bits per heavy atom. The quantitative estimate of drug-likeness (QED) is 0.164. The first kappa shape index (κ1) is 28.0. The molecule has 0 aliphatic rings. The van der Waals surface area contributed by atoms with Crippen molar-refractivity contribution < 1.29 is 47.8 Å². The highest BCUT2D eigenvalue weighted by molar-refractivity contribution is 7.47. The van der Waals surface area contributed by atoms with Crippen molar-refractivity contribution in [3.8, 4) is 0 Å². The van der Waals surface area contributed by atoms with Gasteiger partial charge in [-0.15, -0.1) is 0 Å². The van der Waals surface area contributed by atoms with Gasteiger partial charge in [0.15, 0.2) is 6.10 Å². The molecule has 0 aromatic heterocycles. The van der Waals surface area contributed by atoms with Crippen LogP contribution in [0.4, 0.5) is 0 Å². The largest absolute Gasteiger partial charge is 0.472 e. The van der Waals surface area contributed by atoms with Gasteiger partial charge in [0.25, 0.3) is 0 Å². The minimum Gasteiger partial charge on any atom is -0.462 e. The van der Waals surface area contributed by atoms with E-state index in [9.17, 15) is 19.0 Å². The maximum atomic E-state index is 12.0. The van der Waals surface area contributed by atoms with Crippen LogP contribution in [0, 0.1) is 0 Å². The van der Waals surface area contributed by atoms with Crippen molar-refractivity contribution in [2.75, 3.05) is 26.4 Å². The van der Waals surface area contributed by atoms with Gasteiger partial charge in [-0.05, 0) is 12.8 Å². The molecule has 0 bridgehead atoms. The highest BCUT2D eigenvalue weighted by Crippen LogP contribution is 2.43. The zero-order valence-corrected chi connectivity index (χ0v) is 18.2. The van der Waals surface area contributed by atoms with Crippen LogP contribution in [0.5, 0.6) is 0 Å². The molecule has 3 N–H and O–H groups in total. The second-order valence-electron chi connectivity index (χ2n) is 6.61. The second kappa shape index (κ2) is 16.7. The minimum absolute atomic E-state index is 0.177. The molecule has 1 unspecified atom stereocenters. The van der Waals surface area contributed by atoms with E-state index in [2.05, 4.69) is 4.52 Å². The third kappa shape index (κ3) is 16.5. The zero-order chi connectivity index (χ0) is 22.1. The molecular weight excluding hydrogens is 407 g/mol. The highest BCUT2D eigenvalue weighted by Gasteiger charge is 2.27. The third-order valence-electron chi connectivity index (χ3n) is 3.76. The number of hydrogen-bond acceptors (Lipinski definition) is 9. The number of carbonyl (C=O) groups excluding carboxylic acids is 2. The number of rotatable bonds is 18. The molecule has 0 spiro atoms. The first-order valence-electron chi connectivity index (χ1n) is 9.99. The average molecular weight is 442 g/mol. The van der Waals surface area contributed by atoms with Crippen molar-refractivity contribution in [3.63, 3.8) is 0 Å². The molecule has 0 aromatic carbocycles. The van der Waals surface area contributed by atoms with Crippen LogP contribution < -0.4 is 0 Å². The molecule has 0 heterocycles. The first-order chi connectivity index (χ1) is 13.7. The summed E-state index contributed by atoms with van der Waals surface area (Å²) < 4.78 is 31.4. The van der Waals surface area contributed by atoms with E-state index in [4.69, 9.17) is 24.2 Å². The van der Waals surface area contributed by atoms with Crippen LogP contribution >= 0.6 is 7.82 Å². The Kier molecular flexibility index (Phi) is 16.1. The van der Waals surface area contributed by atoms with Crippen molar-refractivity contribution in [3.05, 3.63) is 0 Å². The van der Waals surface area contributed by atoms with Crippen LogP contribution in [0.25, 0.3) is 0 Å². The topological polar surface area (TPSA) is 149 Å². The van der Waals surface area contributed by atoms with Gasteiger partial charge < -0.3 is 24.6 Å². The summed E-state index contributed by atoms with van der Waals surface area (Å²) in [5, 5.41) is 17.9. The molecule has 0 aliphatic heterocycles. The van der Waals surface area contributed by atoms with Crippen LogP contribution in [0.3, 0.4) is 0 Å². The van der Waals surface area contributed by atoms with Crippen molar-refractivity contribution >= 4 is 19.8 Å². The number of esters is 2. The Morgan fingerprint density at radius 3 is 2.14 bits per heavy atom. The lowest BCUT2D eigenvalue weighted by atomic mass is 10.1. The summed E-state index contributed by atoms with van der Waals surface area (Å²) in [5.41, 5.74) is 0. The summed E-state index contributed by atoms with van der Waals surface area (Å²) in [7, 11) is -4.55. The summed E-state index contributed by atoms with van der Waals surface area (Å²) in [5.74, 6) is -0.992. The number of carbonyl (C=O) groups is 2. The molecule has 0 aliphatic carbocycles. The second-order valence-corrected chi connectivity index (χ2v) is 8.06. The molecular formula is C18H35O10P. The standard InChI is InChI=1S/C18H35O10P/c1-3-5-7-8-10-18(22)28-16(13-25-17(21)9-6-4-2)14-27-29(23,24)26-12-15(20)11-19/h15-16,19-20H,3-14H2,1-2H3,(H,23,24)/t15-,16+/m0/s1. The molecule has 172 valence electrons. The van der Waals surface area contributed by atoms with Gasteiger partial charge in [-0.25, -0.2) is 4.57 Å². The van der Waals surface area contributed by atoms with Crippen LogP contribution in [-0.2, 0) is 32.7 Å². The lowest BCUT2D eigenvalue weighted by Gasteiger charge is -2.20. The maximum Gasteiger partial charge on any atom is 0.472 e. The number of unbranched alkanes of at least 4 members (excludes halogenated alkanes) is 4. The SMILES string of the molecule is CCCCCCC(=O)O[C@H](COC(=O)CCCC)COP(=O)(O)OC[C@@H](O)CO. The number of phosphoric ester groups is 1. The Labute approximate surface area is 172 Å². The summed E-state index contributed by atoms with van der Waals surface area (Å²) in [6.45, 7) is 1.86. The van der Waals surface area contributed by atoms with Crippen molar-refractivity contribution in [1.29, 1.82) is 0 Å². The number of aliphatic hydroxyl groups is 2. The van der Waals surface area contributed by atoms with E-state index >= 15 is 0 Å². The first-order valence-corrected chi connectivity index (χ1v) is 11.5. The van der Waals surface area contributed by atoms with Gasteiger partial charge in [-0.2, -0.15) is 0 Å². The molecule has 0 rings (SSSR count). The molecule has 0 aromatic rings. The molecule has 11 heteroatoms. The molecule has 10 nitrogen and oxygen atoms in total. The smallest absolute Gasteiger partial charge is 0.462 e. The average Bonchev–Trinajstić information content (AvgIpc) is 2.69. The summed E-state index contributed by atoms with van der Waals surface area (Å²) in [6, 6.07) is 0. The van der Waals surface area contributed by atoms with E-state index in [1.807, 2.05) is 13.8 Å². The van der Waals surface area contributed by atoms with E-state index in [1.165, 1.54) is 0 Å². The van der Waals surface area contributed by atoms with E-state index in [0.29, 0.717) is 12.8 Å². The van der Waals surface area contributed by atoms with E-state index in [1.54, 1.807) is 0 Å². The maximum absolute atomic E-state index is 12.0. The van der Waals surface area contributed by atoms with Gasteiger partial charge >= 0.3 is 19.8 Å². The van der Waals surface area contributed by atoms with Gasteiger partial charge in [0.1, 0.15) is 12.7 Å². The zero-order valence-electron chi connectivity index (χ0n) is 17.3.